The van der Waals surface area contributed by atoms with Crippen LogP contribution in [-0.2, 0) is 0 Å². The number of aliphatic hydroxyl groups is 1. The Labute approximate surface area is 120 Å². The van der Waals surface area contributed by atoms with E-state index >= 15 is 0 Å². The third-order valence-corrected chi connectivity index (χ3v) is 2.89. The summed E-state index contributed by atoms with van der Waals surface area (Å²) in [5, 5.41) is 10.2. The highest BCUT2D eigenvalue weighted by molar-refractivity contribution is 5.47. The van der Waals surface area contributed by atoms with Gasteiger partial charge >= 0.3 is 0 Å². The van der Waals surface area contributed by atoms with Crippen molar-refractivity contribution in [3.8, 4) is 11.8 Å². The Kier molecular flexibility index (Phi) is 4.76. The summed E-state index contributed by atoms with van der Waals surface area (Å²) in [4.78, 5) is 0. The molecule has 0 aromatic heterocycles. The van der Waals surface area contributed by atoms with E-state index in [0.717, 1.165) is 22.3 Å². The first-order valence-electron chi connectivity index (χ1n) is 6.66. The van der Waals surface area contributed by atoms with Gasteiger partial charge in [0.2, 0.25) is 0 Å². The Bertz CT molecular complexity index is 653. The molecule has 0 bridgehead atoms. The van der Waals surface area contributed by atoms with Crippen molar-refractivity contribution in [3.63, 3.8) is 0 Å². The summed E-state index contributed by atoms with van der Waals surface area (Å²) in [5.41, 5.74) is 3.76. The van der Waals surface area contributed by atoms with E-state index in [2.05, 4.69) is 11.8 Å². The van der Waals surface area contributed by atoms with Crippen LogP contribution in [0.3, 0.4) is 0 Å². The molecule has 1 heteroatoms. The molecule has 2 aromatic rings. The Morgan fingerprint density at radius 3 is 2.30 bits per heavy atom. The molecule has 20 heavy (non-hydrogen) atoms. The van der Waals surface area contributed by atoms with Crippen molar-refractivity contribution >= 4 is 0 Å². The lowest BCUT2D eigenvalue weighted by Crippen LogP contribution is -1.97. The van der Waals surface area contributed by atoms with Crippen molar-refractivity contribution in [1.29, 1.82) is 0 Å². The van der Waals surface area contributed by atoms with Gasteiger partial charge in [-0.1, -0.05) is 59.9 Å². The normalized spacial score (nSPS) is 11.2. The molecule has 0 amide bonds. The van der Waals surface area contributed by atoms with Crippen LogP contribution in [0.2, 0.25) is 0 Å². The molecule has 2 rings (SSSR count). The van der Waals surface area contributed by atoms with Crippen molar-refractivity contribution < 1.29 is 5.11 Å². The third-order valence-electron chi connectivity index (χ3n) is 2.89. The Morgan fingerprint density at radius 2 is 1.60 bits per heavy atom. The van der Waals surface area contributed by atoms with Crippen LogP contribution >= 0.6 is 0 Å². The predicted molar refractivity (Wildman–Crippen MR) is 83.3 cm³/mol. The molecule has 0 aliphatic carbocycles. The maximum absolute atomic E-state index is 10.2. The topological polar surface area (TPSA) is 20.2 Å². The summed E-state index contributed by atoms with van der Waals surface area (Å²) < 4.78 is 0. The van der Waals surface area contributed by atoms with Crippen LogP contribution in [-0.4, -0.2) is 5.11 Å². The highest BCUT2D eigenvalue weighted by Crippen LogP contribution is 2.19. The maximum Gasteiger partial charge on any atom is 0.0986 e. The largest absolute Gasteiger partial charge is 0.384 e. The van der Waals surface area contributed by atoms with Crippen LogP contribution in [0.25, 0.3) is 0 Å². The molecule has 0 aliphatic heterocycles. The van der Waals surface area contributed by atoms with Crippen LogP contribution in [0.1, 0.15) is 36.6 Å². The minimum absolute atomic E-state index is 0.610. The van der Waals surface area contributed by atoms with Crippen LogP contribution in [0.4, 0.5) is 0 Å². The lowest BCUT2D eigenvalue weighted by atomic mass is 10.0. The molecular weight excluding hydrogens is 244 g/mol. The highest BCUT2D eigenvalue weighted by Gasteiger charge is 2.07. The van der Waals surface area contributed by atoms with Crippen LogP contribution in [0.15, 0.2) is 66.2 Å². The SMILES string of the molecule is CC(C)=CC(O)c1ccccc1C#Cc1ccccc1. The van der Waals surface area contributed by atoms with Crippen LogP contribution in [0, 0.1) is 11.8 Å². The number of aliphatic hydroxyl groups excluding tert-OH is 1. The van der Waals surface area contributed by atoms with Gasteiger partial charge in [-0.3, -0.25) is 0 Å². The van der Waals surface area contributed by atoms with E-state index < -0.39 is 6.10 Å². The molecule has 0 heterocycles. The van der Waals surface area contributed by atoms with Gasteiger partial charge in [-0.2, -0.15) is 0 Å². The van der Waals surface area contributed by atoms with Gasteiger partial charge in [0.1, 0.15) is 0 Å². The molecule has 0 saturated heterocycles. The zero-order valence-corrected chi connectivity index (χ0v) is 11.8. The second kappa shape index (κ2) is 6.75. The van der Waals surface area contributed by atoms with Gasteiger partial charge in [-0.15, -0.1) is 0 Å². The smallest absolute Gasteiger partial charge is 0.0986 e. The van der Waals surface area contributed by atoms with Crippen molar-refractivity contribution in [2.45, 2.75) is 20.0 Å². The first-order chi connectivity index (χ1) is 9.66. The fourth-order valence-electron chi connectivity index (χ4n) is 1.94. The van der Waals surface area contributed by atoms with E-state index in [-0.39, 0.29) is 0 Å². The van der Waals surface area contributed by atoms with E-state index in [1.54, 1.807) is 0 Å². The van der Waals surface area contributed by atoms with Crippen molar-refractivity contribution in [2.75, 3.05) is 0 Å². The standard InChI is InChI=1S/C19H18O/c1-15(2)14-19(20)18-11-7-6-10-17(18)13-12-16-8-4-3-5-9-16/h3-11,14,19-20H,1-2H3. The highest BCUT2D eigenvalue weighted by atomic mass is 16.3. The maximum atomic E-state index is 10.2. The fourth-order valence-corrected chi connectivity index (χ4v) is 1.94. The zero-order valence-electron chi connectivity index (χ0n) is 11.8. The van der Waals surface area contributed by atoms with Gasteiger partial charge in [0, 0.05) is 11.1 Å². The lowest BCUT2D eigenvalue weighted by molar-refractivity contribution is 0.227. The molecular formula is C19H18O. The lowest BCUT2D eigenvalue weighted by Gasteiger charge is -2.09. The molecule has 0 spiro atoms. The van der Waals surface area contributed by atoms with Crippen molar-refractivity contribution in [2.24, 2.45) is 0 Å². The molecule has 0 saturated carbocycles. The Hall–Kier alpha value is -2.30. The predicted octanol–water partition coefficient (Wildman–Crippen LogP) is 4.09. The first-order valence-corrected chi connectivity index (χ1v) is 6.66. The van der Waals surface area contributed by atoms with Crippen molar-refractivity contribution in [1.82, 2.24) is 0 Å². The summed E-state index contributed by atoms with van der Waals surface area (Å²) in [6.45, 7) is 3.95. The summed E-state index contributed by atoms with van der Waals surface area (Å²) in [7, 11) is 0. The van der Waals surface area contributed by atoms with E-state index in [4.69, 9.17) is 0 Å². The number of benzene rings is 2. The Morgan fingerprint density at radius 1 is 0.950 bits per heavy atom. The van der Waals surface area contributed by atoms with E-state index in [9.17, 15) is 5.11 Å². The van der Waals surface area contributed by atoms with Gasteiger partial charge in [-0.25, -0.2) is 0 Å². The van der Waals surface area contributed by atoms with Gasteiger partial charge in [0.15, 0.2) is 0 Å². The molecule has 0 radical (unpaired) electrons. The molecule has 1 atom stereocenters. The molecule has 1 N–H and O–H groups in total. The van der Waals surface area contributed by atoms with Crippen LogP contribution in [0.5, 0.6) is 0 Å². The van der Waals surface area contributed by atoms with E-state index in [1.165, 1.54) is 0 Å². The summed E-state index contributed by atoms with van der Waals surface area (Å²) >= 11 is 0. The quantitative estimate of drug-likeness (QED) is 0.638. The fraction of sp³-hybridized carbons (Fsp3) is 0.158. The first kappa shape index (κ1) is 14.1. The monoisotopic (exact) mass is 262 g/mol. The van der Waals surface area contributed by atoms with Gasteiger partial charge in [-0.05, 0) is 37.6 Å². The molecule has 1 unspecified atom stereocenters. The molecule has 0 fully saturated rings. The number of hydrogen-bond acceptors (Lipinski definition) is 1. The third kappa shape index (κ3) is 3.85. The molecule has 1 nitrogen and oxygen atoms in total. The van der Waals surface area contributed by atoms with Gasteiger partial charge < -0.3 is 5.11 Å². The minimum Gasteiger partial charge on any atom is -0.384 e. The second-order valence-corrected chi connectivity index (χ2v) is 4.89. The molecule has 100 valence electrons. The van der Waals surface area contributed by atoms with Gasteiger partial charge in [0.25, 0.3) is 0 Å². The number of rotatable bonds is 2. The van der Waals surface area contributed by atoms with Gasteiger partial charge in [0.05, 0.1) is 6.10 Å². The average Bonchev–Trinajstić information content (AvgIpc) is 2.46. The van der Waals surface area contributed by atoms with E-state index in [0.29, 0.717) is 0 Å². The average molecular weight is 262 g/mol. The molecule has 2 aromatic carbocycles. The van der Waals surface area contributed by atoms with Crippen molar-refractivity contribution in [3.05, 3.63) is 82.9 Å². The summed E-state index contributed by atoms with van der Waals surface area (Å²) in [6, 6.07) is 17.6. The second-order valence-electron chi connectivity index (χ2n) is 4.89. The molecule has 0 aliphatic rings. The number of allylic oxidation sites excluding steroid dienone is 1. The number of hydrogen-bond donors (Lipinski definition) is 1. The summed E-state index contributed by atoms with van der Waals surface area (Å²) in [6.07, 6.45) is 1.23. The van der Waals surface area contributed by atoms with E-state index in [1.807, 2.05) is 74.5 Å². The Balaban J connectivity index is 2.34. The zero-order chi connectivity index (χ0) is 14.4. The summed E-state index contributed by atoms with van der Waals surface area (Å²) in [5.74, 6) is 6.27. The van der Waals surface area contributed by atoms with Crippen LogP contribution < -0.4 is 0 Å². The minimum atomic E-state index is -0.610.